The predicted octanol–water partition coefficient (Wildman–Crippen LogP) is 0.0502. The van der Waals surface area contributed by atoms with E-state index in [1.807, 2.05) is 0 Å². The first-order chi connectivity index (χ1) is 11.5. The lowest BCUT2D eigenvalue weighted by Gasteiger charge is -2.29. The molecule has 4 amide bonds. The molecule has 0 saturated carbocycles. The Hall–Kier alpha value is -2.06. The number of urea groups is 1. The molecule has 8 nitrogen and oxygen atoms in total. The third kappa shape index (κ3) is 4.48. The Bertz CT molecular complexity index is 540. The molecule has 0 aromatic heterocycles. The van der Waals surface area contributed by atoms with Crippen LogP contribution in [0.1, 0.15) is 13.3 Å². The van der Waals surface area contributed by atoms with Gasteiger partial charge in [-0.25, -0.2) is 4.79 Å². The van der Waals surface area contributed by atoms with Gasteiger partial charge in [-0.1, -0.05) is 6.08 Å². The van der Waals surface area contributed by atoms with Crippen LogP contribution in [0.4, 0.5) is 4.79 Å². The Morgan fingerprint density at radius 3 is 2.75 bits per heavy atom. The smallest absolute Gasteiger partial charge is 0.331 e. The lowest BCUT2D eigenvalue weighted by molar-refractivity contribution is -0.139. The Balaban J connectivity index is 1.89. The zero-order valence-electron chi connectivity index (χ0n) is 14.0. The number of rotatable bonds is 7. The summed E-state index contributed by atoms with van der Waals surface area (Å²) in [6, 6.07) is -0.707. The summed E-state index contributed by atoms with van der Waals surface area (Å²) >= 11 is 0. The molecule has 0 aromatic carbocycles. The second kappa shape index (κ2) is 8.70. The molecule has 1 unspecified atom stereocenters. The van der Waals surface area contributed by atoms with Gasteiger partial charge >= 0.3 is 6.03 Å². The maximum Gasteiger partial charge on any atom is 0.331 e. The van der Waals surface area contributed by atoms with Crippen LogP contribution in [0.25, 0.3) is 0 Å². The van der Waals surface area contributed by atoms with Crippen molar-refractivity contribution in [1.82, 2.24) is 15.1 Å². The zero-order valence-corrected chi connectivity index (χ0v) is 14.0. The molecule has 2 aliphatic rings. The molecule has 1 atom stereocenters. The van der Waals surface area contributed by atoms with Crippen LogP contribution in [0.2, 0.25) is 0 Å². The number of nitrogens with one attached hydrogen (secondary N) is 1. The van der Waals surface area contributed by atoms with Crippen molar-refractivity contribution in [1.29, 1.82) is 0 Å². The maximum absolute atomic E-state index is 12.4. The molecule has 0 radical (unpaired) electrons. The minimum Gasteiger partial charge on any atom is -0.379 e. The average Bonchev–Trinajstić information content (AvgIpc) is 2.56. The van der Waals surface area contributed by atoms with E-state index in [1.54, 1.807) is 6.92 Å². The molecule has 0 spiro atoms. The van der Waals surface area contributed by atoms with Crippen molar-refractivity contribution in [3.63, 3.8) is 0 Å². The number of barbiturate groups is 1. The van der Waals surface area contributed by atoms with E-state index in [0.29, 0.717) is 12.3 Å². The number of nitrogens with zero attached hydrogens (tertiary/aromatic N) is 3. The monoisotopic (exact) mass is 336 g/mol. The summed E-state index contributed by atoms with van der Waals surface area (Å²) in [4.78, 5) is 43.7. The number of hydrogen-bond donors (Lipinski definition) is 1. The summed E-state index contributed by atoms with van der Waals surface area (Å²) in [7, 11) is 0. The highest BCUT2D eigenvalue weighted by molar-refractivity contribution is 6.27. The Kier molecular flexibility index (Phi) is 6.62. The van der Waals surface area contributed by atoms with Crippen molar-refractivity contribution >= 4 is 23.6 Å². The highest BCUT2D eigenvalue weighted by atomic mass is 16.5. The van der Waals surface area contributed by atoms with E-state index in [2.05, 4.69) is 21.8 Å². The molecule has 132 valence electrons. The van der Waals surface area contributed by atoms with E-state index in [-0.39, 0.29) is 6.54 Å². The van der Waals surface area contributed by atoms with E-state index >= 15 is 0 Å². The van der Waals surface area contributed by atoms with Gasteiger partial charge in [-0.2, -0.15) is 0 Å². The molecular weight excluding hydrogens is 312 g/mol. The number of amides is 4. The van der Waals surface area contributed by atoms with Crippen molar-refractivity contribution < 1.29 is 19.1 Å². The Morgan fingerprint density at radius 2 is 2.08 bits per heavy atom. The van der Waals surface area contributed by atoms with Crippen molar-refractivity contribution in [3.05, 3.63) is 12.7 Å². The van der Waals surface area contributed by atoms with Gasteiger partial charge in [-0.05, 0) is 13.3 Å². The van der Waals surface area contributed by atoms with E-state index in [4.69, 9.17) is 4.74 Å². The summed E-state index contributed by atoms with van der Waals surface area (Å²) in [6.07, 6.45) is 2.29. The molecule has 1 N–H and O–H groups in total. The van der Waals surface area contributed by atoms with E-state index in [9.17, 15) is 14.4 Å². The Morgan fingerprint density at radius 1 is 1.38 bits per heavy atom. The number of morpholine rings is 1. The fourth-order valence-corrected chi connectivity index (χ4v) is 2.75. The third-order valence-corrected chi connectivity index (χ3v) is 4.08. The van der Waals surface area contributed by atoms with Crippen LogP contribution in [0.5, 0.6) is 0 Å². The lowest BCUT2D eigenvalue weighted by Crippen LogP contribution is -2.59. The van der Waals surface area contributed by atoms with Crippen molar-refractivity contribution in [2.75, 3.05) is 45.9 Å². The average molecular weight is 336 g/mol. The van der Waals surface area contributed by atoms with Crippen LogP contribution in [0, 0.1) is 5.92 Å². The molecule has 0 aliphatic carbocycles. The van der Waals surface area contributed by atoms with Gasteiger partial charge in [-0.15, -0.1) is 6.58 Å². The minimum absolute atomic E-state index is 0.0682. The van der Waals surface area contributed by atoms with Crippen LogP contribution >= 0.6 is 0 Å². The van der Waals surface area contributed by atoms with Crippen molar-refractivity contribution in [2.45, 2.75) is 13.3 Å². The number of carbonyl (C=O) groups excluding carboxylic acids is 3. The van der Waals surface area contributed by atoms with Crippen LogP contribution in [-0.2, 0) is 14.3 Å². The largest absolute Gasteiger partial charge is 0.379 e. The number of ether oxygens (including phenoxy) is 1. The highest BCUT2D eigenvalue weighted by Crippen LogP contribution is 2.13. The van der Waals surface area contributed by atoms with Gasteiger partial charge in [0.15, 0.2) is 5.92 Å². The minimum atomic E-state index is -1.04. The fourth-order valence-electron chi connectivity index (χ4n) is 2.75. The van der Waals surface area contributed by atoms with Crippen LogP contribution in [0.15, 0.2) is 17.6 Å². The van der Waals surface area contributed by atoms with Crippen LogP contribution in [0.3, 0.4) is 0 Å². The summed E-state index contributed by atoms with van der Waals surface area (Å²) in [5, 5.41) is 2.19. The maximum atomic E-state index is 12.4. The molecule has 24 heavy (non-hydrogen) atoms. The first kappa shape index (κ1) is 18.3. The van der Waals surface area contributed by atoms with Gasteiger partial charge in [0, 0.05) is 38.4 Å². The van der Waals surface area contributed by atoms with Gasteiger partial charge in [-0.3, -0.25) is 29.7 Å². The van der Waals surface area contributed by atoms with E-state index in [0.717, 1.165) is 44.2 Å². The van der Waals surface area contributed by atoms with Gasteiger partial charge in [0.1, 0.15) is 0 Å². The number of hydrogen-bond acceptors (Lipinski definition) is 6. The third-order valence-electron chi connectivity index (χ3n) is 4.08. The molecular formula is C16H24N4O4. The Labute approximate surface area is 141 Å². The number of carbonyl (C=O) groups is 3. The predicted molar refractivity (Wildman–Crippen MR) is 88.8 cm³/mol. The quantitative estimate of drug-likeness (QED) is 0.307. The zero-order chi connectivity index (χ0) is 17.5. The molecule has 2 aliphatic heterocycles. The molecule has 2 heterocycles. The summed E-state index contributed by atoms with van der Waals surface area (Å²) in [5.74, 6) is -2.19. The fraction of sp³-hybridized carbons (Fsp3) is 0.625. The highest BCUT2D eigenvalue weighted by Gasteiger charge is 2.41. The summed E-state index contributed by atoms with van der Waals surface area (Å²) in [6.45, 7) is 10.0. The topological polar surface area (TPSA) is 91.3 Å². The molecule has 2 fully saturated rings. The second-order valence-corrected chi connectivity index (χ2v) is 5.80. The van der Waals surface area contributed by atoms with Gasteiger partial charge in [0.25, 0.3) is 0 Å². The van der Waals surface area contributed by atoms with Crippen LogP contribution in [-0.4, -0.2) is 79.3 Å². The standard InChI is InChI=1S/C16H24N4O4/c1-3-6-20-15(22)13(14(21)18-16(20)23)12(2)17-5-4-7-19-8-10-24-11-9-19/h3,13H,1,4-11H2,2H3,(H,18,21,23). The number of imide groups is 2. The normalized spacial score (nSPS) is 23.4. The molecule has 8 heteroatoms. The van der Waals surface area contributed by atoms with E-state index in [1.165, 1.54) is 6.08 Å². The van der Waals surface area contributed by atoms with E-state index < -0.39 is 23.8 Å². The van der Waals surface area contributed by atoms with Crippen LogP contribution < -0.4 is 5.32 Å². The number of aliphatic imine (C=N–C) groups is 1. The first-order valence-corrected chi connectivity index (χ1v) is 8.12. The first-order valence-electron chi connectivity index (χ1n) is 8.12. The lowest BCUT2D eigenvalue weighted by atomic mass is 9.99. The molecule has 0 bridgehead atoms. The van der Waals surface area contributed by atoms with Gasteiger partial charge in [0.05, 0.1) is 13.2 Å². The summed E-state index contributed by atoms with van der Waals surface area (Å²) in [5.41, 5.74) is 0.432. The van der Waals surface area contributed by atoms with Crippen molar-refractivity contribution in [3.8, 4) is 0 Å². The van der Waals surface area contributed by atoms with Gasteiger partial charge < -0.3 is 4.74 Å². The van der Waals surface area contributed by atoms with Gasteiger partial charge in [0.2, 0.25) is 11.8 Å². The molecule has 0 aromatic rings. The summed E-state index contributed by atoms with van der Waals surface area (Å²) < 4.78 is 5.30. The molecule has 2 rings (SSSR count). The van der Waals surface area contributed by atoms with Crippen molar-refractivity contribution in [2.24, 2.45) is 10.9 Å². The second-order valence-electron chi connectivity index (χ2n) is 5.80. The SMILES string of the molecule is C=CCN1C(=O)NC(=O)C(C(C)=NCCCN2CCOCC2)C1=O. The molecule has 2 saturated heterocycles.